The van der Waals surface area contributed by atoms with Crippen LogP contribution in [-0.4, -0.2) is 6.61 Å². The van der Waals surface area contributed by atoms with Gasteiger partial charge in [0.15, 0.2) is 0 Å². The summed E-state index contributed by atoms with van der Waals surface area (Å²) in [6.45, 7) is 0.542. The van der Waals surface area contributed by atoms with Crippen molar-refractivity contribution < 1.29 is 9.47 Å². The Kier molecular flexibility index (Phi) is 3.96. The molecule has 0 atom stereocenters. The third-order valence-corrected chi connectivity index (χ3v) is 5.14. The van der Waals surface area contributed by atoms with Gasteiger partial charge in [-0.15, -0.1) is 0 Å². The predicted molar refractivity (Wildman–Crippen MR) is 110 cm³/mol. The summed E-state index contributed by atoms with van der Waals surface area (Å²) >= 11 is 0. The second-order valence-electron chi connectivity index (χ2n) is 6.77. The molecule has 0 spiro atoms. The van der Waals surface area contributed by atoms with E-state index in [0.717, 1.165) is 44.6 Å². The third kappa shape index (κ3) is 2.67. The molecule has 28 heavy (non-hydrogen) atoms. The van der Waals surface area contributed by atoms with Crippen LogP contribution in [-0.2, 0) is 4.74 Å². The zero-order chi connectivity index (χ0) is 18.9. The summed E-state index contributed by atoms with van der Waals surface area (Å²) in [5, 5.41) is 11.5. The number of rotatable bonds is 1. The van der Waals surface area contributed by atoms with Crippen molar-refractivity contribution in [1.29, 1.82) is 5.26 Å². The summed E-state index contributed by atoms with van der Waals surface area (Å²) in [4.78, 5) is 0. The lowest BCUT2D eigenvalue weighted by Gasteiger charge is -2.22. The van der Waals surface area contributed by atoms with Crippen LogP contribution in [0.2, 0.25) is 0 Å². The summed E-state index contributed by atoms with van der Waals surface area (Å²) < 4.78 is 12.3. The van der Waals surface area contributed by atoms with Crippen LogP contribution in [0, 0.1) is 11.3 Å². The fourth-order valence-electron chi connectivity index (χ4n) is 3.84. The molecule has 0 aromatic heterocycles. The minimum atomic E-state index is 0.542. The van der Waals surface area contributed by atoms with E-state index >= 15 is 0 Å². The summed E-state index contributed by atoms with van der Waals surface area (Å²) in [5.74, 6) is 2.23. The third-order valence-electron chi connectivity index (χ3n) is 5.14. The lowest BCUT2D eigenvalue weighted by molar-refractivity contribution is 0.320. The van der Waals surface area contributed by atoms with Gasteiger partial charge < -0.3 is 9.47 Å². The van der Waals surface area contributed by atoms with Gasteiger partial charge in [-0.3, -0.25) is 0 Å². The van der Waals surface area contributed by atoms with E-state index in [2.05, 4.69) is 36.4 Å². The summed E-state index contributed by atoms with van der Waals surface area (Å²) in [7, 11) is 0. The fraction of sp³-hybridized carbons (Fsp3) is 0.0800. The maximum atomic E-state index is 9.29. The number of nitrogens with zero attached hydrogens (tertiary/aromatic N) is 1. The molecule has 0 unspecified atom stereocenters. The van der Waals surface area contributed by atoms with Crippen molar-refractivity contribution in [3.8, 4) is 11.8 Å². The molecular formula is C25H17NO2. The van der Waals surface area contributed by atoms with E-state index in [0.29, 0.717) is 18.8 Å². The monoisotopic (exact) mass is 363 g/mol. The standard InChI is InChI=1S/C25H17NO2/c26-14-12-23-20-13-15-27-25-19-9-5-4-6-17(19)10-11-21(25)22(20)16-24(28-23)18-7-2-1-3-8-18/h1-12,16H,13,15H2/b23-12-. The van der Waals surface area contributed by atoms with Gasteiger partial charge in [0.25, 0.3) is 0 Å². The Balaban J connectivity index is 1.78. The van der Waals surface area contributed by atoms with Gasteiger partial charge in [-0.1, -0.05) is 60.7 Å². The predicted octanol–water partition coefficient (Wildman–Crippen LogP) is 5.85. The van der Waals surface area contributed by atoms with Crippen molar-refractivity contribution >= 4 is 22.1 Å². The molecule has 3 aromatic carbocycles. The normalized spacial score (nSPS) is 17.0. The van der Waals surface area contributed by atoms with Crippen LogP contribution in [0.5, 0.6) is 5.75 Å². The SMILES string of the molecule is N#C/C=C1\OC(c2ccccc2)=CC2=C1CCOc1c2ccc2ccccc12. The highest BCUT2D eigenvalue weighted by Crippen LogP contribution is 2.44. The van der Waals surface area contributed by atoms with E-state index < -0.39 is 0 Å². The molecule has 0 N–H and O–H groups in total. The van der Waals surface area contributed by atoms with Gasteiger partial charge in [0.05, 0.1) is 18.8 Å². The molecular weight excluding hydrogens is 346 g/mol. The van der Waals surface area contributed by atoms with Crippen molar-refractivity contribution in [3.05, 3.63) is 101 Å². The Morgan fingerprint density at radius 1 is 0.929 bits per heavy atom. The molecule has 134 valence electrons. The smallest absolute Gasteiger partial charge is 0.141 e. The largest absolute Gasteiger partial charge is 0.492 e. The van der Waals surface area contributed by atoms with E-state index in [4.69, 9.17) is 9.47 Å². The minimum Gasteiger partial charge on any atom is -0.492 e. The molecule has 3 nitrogen and oxygen atoms in total. The van der Waals surface area contributed by atoms with E-state index in [1.807, 2.05) is 42.5 Å². The number of benzene rings is 3. The maximum absolute atomic E-state index is 9.29. The topological polar surface area (TPSA) is 42.2 Å². The summed E-state index contributed by atoms with van der Waals surface area (Å²) in [6, 6.07) is 24.6. The Bertz CT molecular complexity index is 1210. The number of hydrogen-bond donors (Lipinski definition) is 0. The van der Waals surface area contributed by atoms with E-state index in [1.54, 1.807) is 0 Å². The Morgan fingerprint density at radius 2 is 1.75 bits per heavy atom. The first-order valence-electron chi connectivity index (χ1n) is 9.28. The van der Waals surface area contributed by atoms with Gasteiger partial charge in [0, 0.05) is 28.5 Å². The van der Waals surface area contributed by atoms with Gasteiger partial charge in [-0.2, -0.15) is 5.26 Å². The van der Waals surface area contributed by atoms with Crippen molar-refractivity contribution in [2.75, 3.05) is 6.61 Å². The van der Waals surface area contributed by atoms with Crippen molar-refractivity contribution in [2.45, 2.75) is 6.42 Å². The molecule has 0 saturated heterocycles. The molecule has 5 rings (SSSR count). The quantitative estimate of drug-likeness (QED) is 0.509. The lowest BCUT2D eigenvalue weighted by Crippen LogP contribution is -2.06. The van der Waals surface area contributed by atoms with Gasteiger partial charge in [0.2, 0.25) is 0 Å². The Labute approximate surface area is 163 Å². The van der Waals surface area contributed by atoms with E-state index in [-0.39, 0.29) is 0 Å². The van der Waals surface area contributed by atoms with Gasteiger partial charge >= 0.3 is 0 Å². The second kappa shape index (κ2) is 6.75. The molecule has 3 aromatic rings. The first-order chi connectivity index (χ1) is 13.8. The Hall–Kier alpha value is -3.77. The first-order valence-corrected chi connectivity index (χ1v) is 9.28. The van der Waals surface area contributed by atoms with Gasteiger partial charge in [-0.25, -0.2) is 0 Å². The highest BCUT2D eigenvalue weighted by molar-refractivity contribution is 5.98. The Morgan fingerprint density at radius 3 is 2.61 bits per heavy atom. The number of ether oxygens (including phenoxy) is 2. The van der Waals surface area contributed by atoms with Gasteiger partial charge in [0.1, 0.15) is 17.3 Å². The molecule has 0 saturated carbocycles. The summed E-state index contributed by atoms with van der Waals surface area (Å²) in [5.41, 5.74) is 4.08. The molecule has 0 aliphatic carbocycles. The van der Waals surface area contributed by atoms with Crippen LogP contribution in [0.25, 0.3) is 22.1 Å². The van der Waals surface area contributed by atoms with Crippen LogP contribution >= 0.6 is 0 Å². The highest BCUT2D eigenvalue weighted by atomic mass is 16.5. The highest BCUT2D eigenvalue weighted by Gasteiger charge is 2.27. The molecule has 0 radical (unpaired) electrons. The van der Waals surface area contributed by atoms with Crippen molar-refractivity contribution in [3.63, 3.8) is 0 Å². The fourth-order valence-corrected chi connectivity index (χ4v) is 3.84. The average Bonchev–Trinajstić information content (AvgIpc) is 2.94. The zero-order valence-electron chi connectivity index (χ0n) is 15.2. The van der Waals surface area contributed by atoms with Crippen LogP contribution in [0.4, 0.5) is 0 Å². The van der Waals surface area contributed by atoms with Crippen LogP contribution in [0.1, 0.15) is 17.5 Å². The zero-order valence-corrected chi connectivity index (χ0v) is 15.2. The van der Waals surface area contributed by atoms with Crippen LogP contribution < -0.4 is 4.74 Å². The minimum absolute atomic E-state index is 0.542. The van der Waals surface area contributed by atoms with Crippen molar-refractivity contribution in [2.24, 2.45) is 0 Å². The molecule has 2 heterocycles. The van der Waals surface area contributed by atoms with Crippen LogP contribution in [0.3, 0.4) is 0 Å². The first kappa shape index (κ1) is 16.4. The van der Waals surface area contributed by atoms with Crippen LogP contribution in [0.15, 0.2) is 90.2 Å². The molecule has 0 amide bonds. The summed E-state index contributed by atoms with van der Waals surface area (Å²) in [6.07, 6.45) is 4.24. The number of allylic oxidation sites excluding steroid dienone is 4. The number of hydrogen-bond acceptors (Lipinski definition) is 3. The number of nitriles is 1. The molecule has 0 fully saturated rings. The molecule has 0 bridgehead atoms. The average molecular weight is 363 g/mol. The van der Waals surface area contributed by atoms with E-state index in [1.165, 1.54) is 6.08 Å². The molecule has 2 aliphatic heterocycles. The molecule has 3 heteroatoms. The molecule has 2 aliphatic rings. The van der Waals surface area contributed by atoms with E-state index in [9.17, 15) is 5.26 Å². The number of fused-ring (bicyclic) bond motifs is 4. The second-order valence-corrected chi connectivity index (χ2v) is 6.77. The lowest BCUT2D eigenvalue weighted by atomic mass is 9.91. The van der Waals surface area contributed by atoms with Crippen molar-refractivity contribution in [1.82, 2.24) is 0 Å². The van der Waals surface area contributed by atoms with Gasteiger partial charge in [-0.05, 0) is 23.1 Å². The maximum Gasteiger partial charge on any atom is 0.141 e.